The molecule has 222 valence electrons. The first-order valence-corrected chi connectivity index (χ1v) is 17.4. The van der Waals surface area contributed by atoms with Crippen molar-refractivity contribution < 1.29 is 9.53 Å². The molecule has 0 fully saturated rings. The van der Waals surface area contributed by atoms with Crippen LogP contribution in [0, 0.1) is 5.92 Å². The second-order valence-electron chi connectivity index (χ2n) is 12.1. The molecule has 0 spiro atoms. The normalized spacial score (nSPS) is 12.2. The minimum Gasteiger partial charge on any atom is -0.466 e. The van der Waals surface area contributed by atoms with Crippen LogP contribution < -0.4 is 0 Å². The number of rotatable bonds is 31. The van der Waals surface area contributed by atoms with E-state index in [2.05, 4.69) is 20.8 Å². The van der Waals surface area contributed by atoms with Crippen molar-refractivity contribution in [1.29, 1.82) is 0 Å². The molecule has 2 heteroatoms. The summed E-state index contributed by atoms with van der Waals surface area (Å²) in [6, 6.07) is 0. The average Bonchev–Trinajstić information content (AvgIpc) is 2.90. The summed E-state index contributed by atoms with van der Waals surface area (Å²) in [4.78, 5) is 11.9. The molecule has 0 saturated carbocycles. The number of hydrogen-bond donors (Lipinski definition) is 0. The molecule has 0 bridgehead atoms. The number of carbonyl (C=O) groups is 1. The first-order chi connectivity index (χ1) is 18.2. The predicted molar refractivity (Wildman–Crippen MR) is 165 cm³/mol. The van der Waals surface area contributed by atoms with Crippen molar-refractivity contribution in [3.63, 3.8) is 0 Å². The van der Waals surface area contributed by atoms with Crippen LogP contribution in [0.5, 0.6) is 0 Å². The first-order valence-electron chi connectivity index (χ1n) is 17.4. The summed E-state index contributed by atoms with van der Waals surface area (Å²) in [6.45, 7) is 7.59. The Bertz CT molecular complexity index is 433. The summed E-state index contributed by atoms with van der Waals surface area (Å²) in [5.74, 6) is 0.926. The molecule has 0 heterocycles. The van der Waals surface area contributed by atoms with E-state index in [1.165, 1.54) is 167 Å². The van der Waals surface area contributed by atoms with Gasteiger partial charge in [0.2, 0.25) is 0 Å². The molecular formula is C35H70O2. The van der Waals surface area contributed by atoms with Crippen molar-refractivity contribution in [2.24, 2.45) is 5.92 Å². The minimum atomic E-state index is 0.0250. The molecule has 37 heavy (non-hydrogen) atoms. The van der Waals surface area contributed by atoms with Crippen molar-refractivity contribution in [2.75, 3.05) is 6.61 Å². The van der Waals surface area contributed by atoms with E-state index < -0.39 is 0 Å². The highest BCUT2D eigenvalue weighted by atomic mass is 16.5. The molecular weight excluding hydrogens is 452 g/mol. The fraction of sp³-hybridized carbons (Fsp3) is 0.971. The van der Waals surface area contributed by atoms with Crippen LogP contribution in [0.25, 0.3) is 0 Å². The Morgan fingerprint density at radius 1 is 0.486 bits per heavy atom. The summed E-state index contributed by atoms with van der Waals surface area (Å²) in [5, 5.41) is 0. The highest BCUT2D eigenvalue weighted by Crippen LogP contribution is 2.16. The number of carbonyl (C=O) groups excluding carboxylic acids is 1. The van der Waals surface area contributed by atoms with Gasteiger partial charge in [0, 0.05) is 6.42 Å². The quantitative estimate of drug-likeness (QED) is 0.0668. The van der Waals surface area contributed by atoms with Crippen molar-refractivity contribution >= 4 is 5.97 Å². The fourth-order valence-electron chi connectivity index (χ4n) is 5.29. The van der Waals surface area contributed by atoms with E-state index in [0.29, 0.717) is 13.0 Å². The van der Waals surface area contributed by atoms with Crippen molar-refractivity contribution in [3.8, 4) is 0 Å². The Labute approximate surface area is 234 Å². The second kappa shape index (κ2) is 31.7. The van der Waals surface area contributed by atoms with Crippen molar-refractivity contribution in [3.05, 3.63) is 0 Å². The molecule has 0 amide bonds. The summed E-state index contributed by atoms with van der Waals surface area (Å²) in [7, 11) is 0. The first kappa shape index (κ1) is 36.5. The van der Waals surface area contributed by atoms with Gasteiger partial charge in [0.15, 0.2) is 0 Å². The van der Waals surface area contributed by atoms with Crippen LogP contribution in [0.1, 0.15) is 207 Å². The molecule has 1 unspecified atom stereocenters. The topological polar surface area (TPSA) is 26.3 Å². The van der Waals surface area contributed by atoms with E-state index in [1.807, 2.05) is 0 Å². The predicted octanol–water partition coefficient (Wildman–Crippen LogP) is 12.5. The number of esters is 1. The Balaban J connectivity index is 3.15. The van der Waals surface area contributed by atoms with Crippen LogP contribution in [-0.2, 0) is 9.53 Å². The smallest absolute Gasteiger partial charge is 0.305 e. The molecule has 0 aromatic heterocycles. The van der Waals surface area contributed by atoms with Crippen LogP contribution in [-0.4, -0.2) is 12.6 Å². The lowest BCUT2D eigenvalue weighted by Gasteiger charge is -2.07. The van der Waals surface area contributed by atoms with Gasteiger partial charge in [0.1, 0.15) is 0 Å². The number of unbranched alkanes of at least 4 members (excludes halogenated alkanes) is 24. The lowest BCUT2D eigenvalue weighted by molar-refractivity contribution is -0.143. The number of hydrogen-bond acceptors (Lipinski definition) is 2. The average molecular weight is 523 g/mol. The zero-order valence-corrected chi connectivity index (χ0v) is 26.1. The highest BCUT2D eigenvalue weighted by molar-refractivity contribution is 5.69. The zero-order valence-electron chi connectivity index (χ0n) is 26.1. The van der Waals surface area contributed by atoms with Gasteiger partial charge in [-0.1, -0.05) is 188 Å². The third-order valence-corrected chi connectivity index (χ3v) is 8.29. The lowest BCUT2D eigenvalue weighted by Crippen LogP contribution is -2.05. The SMILES string of the molecule is CCCCCCCCCCCCCCCCCCCCOC(=O)CCCCCCCCCCC(C)CC. The summed E-state index contributed by atoms with van der Waals surface area (Å²) >= 11 is 0. The molecule has 0 radical (unpaired) electrons. The third kappa shape index (κ3) is 31.6. The maximum atomic E-state index is 11.9. The summed E-state index contributed by atoms with van der Waals surface area (Å²) < 4.78 is 5.43. The zero-order chi connectivity index (χ0) is 27.1. The van der Waals surface area contributed by atoms with E-state index in [1.54, 1.807) is 0 Å². The van der Waals surface area contributed by atoms with E-state index >= 15 is 0 Å². The fourth-order valence-corrected chi connectivity index (χ4v) is 5.29. The van der Waals surface area contributed by atoms with Gasteiger partial charge in [0.25, 0.3) is 0 Å². The van der Waals surface area contributed by atoms with Gasteiger partial charge in [-0.3, -0.25) is 4.79 Å². The Morgan fingerprint density at radius 3 is 1.24 bits per heavy atom. The molecule has 0 aromatic rings. The minimum absolute atomic E-state index is 0.0250. The van der Waals surface area contributed by atoms with Crippen LogP contribution >= 0.6 is 0 Å². The van der Waals surface area contributed by atoms with E-state index in [9.17, 15) is 4.79 Å². The second-order valence-corrected chi connectivity index (χ2v) is 12.1. The molecule has 0 aromatic carbocycles. The van der Waals surface area contributed by atoms with E-state index in [0.717, 1.165) is 18.8 Å². The van der Waals surface area contributed by atoms with Gasteiger partial charge in [0.05, 0.1) is 6.61 Å². The van der Waals surface area contributed by atoms with Gasteiger partial charge in [-0.15, -0.1) is 0 Å². The maximum Gasteiger partial charge on any atom is 0.305 e. The summed E-state index contributed by atoms with van der Waals surface area (Å²) in [6.07, 6.45) is 38.7. The van der Waals surface area contributed by atoms with Crippen LogP contribution in [0.4, 0.5) is 0 Å². The van der Waals surface area contributed by atoms with Gasteiger partial charge < -0.3 is 4.74 Å². The Hall–Kier alpha value is -0.530. The largest absolute Gasteiger partial charge is 0.466 e. The molecule has 2 nitrogen and oxygen atoms in total. The third-order valence-electron chi connectivity index (χ3n) is 8.29. The van der Waals surface area contributed by atoms with E-state index in [-0.39, 0.29) is 5.97 Å². The van der Waals surface area contributed by atoms with E-state index in [4.69, 9.17) is 4.74 Å². The standard InChI is InChI=1S/C35H70O2/c1-4-6-7-8-9-10-11-12-13-14-15-16-17-18-21-24-27-30-33-37-35(36)32-29-26-23-20-19-22-25-28-31-34(3)5-2/h34H,4-33H2,1-3H3. The number of ether oxygens (including phenoxy) is 1. The summed E-state index contributed by atoms with van der Waals surface area (Å²) in [5.41, 5.74) is 0. The van der Waals surface area contributed by atoms with Gasteiger partial charge in [-0.25, -0.2) is 0 Å². The van der Waals surface area contributed by atoms with Gasteiger partial charge in [-0.2, -0.15) is 0 Å². The maximum absolute atomic E-state index is 11.9. The van der Waals surface area contributed by atoms with Gasteiger partial charge >= 0.3 is 5.97 Å². The Kier molecular flexibility index (Phi) is 31.2. The van der Waals surface area contributed by atoms with Crippen LogP contribution in [0.2, 0.25) is 0 Å². The van der Waals surface area contributed by atoms with Crippen molar-refractivity contribution in [1.82, 2.24) is 0 Å². The lowest BCUT2D eigenvalue weighted by atomic mass is 9.99. The van der Waals surface area contributed by atoms with Crippen LogP contribution in [0.15, 0.2) is 0 Å². The Morgan fingerprint density at radius 2 is 0.838 bits per heavy atom. The molecule has 0 saturated heterocycles. The molecule has 0 N–H and O–H groups in total. The monoisotopic (exact) mass is 523 g/mol. The molecule has 0 aliphatic carbocycles. The molecule has 0 rings (SSSR count). The van der Waals surface area contributed by atoms with Crippen LogP contribution in [0.3, 0.4) is 0 Å². The highest BCUT2D eigenvalue weighted by Gasteiger charge is 2.03. The molecule has 0 aliphatic rings. The molecule has 1 atom stereocenters. The molecule has 0 aliphatic heterocycles. The van der Waals surface area contributed by atoms with Gasteiger partial charge in [-0.05, 0) is 18.8 Å². The van der Waals surface area contributed by atoms with Crippen molar-refractivity contribution in [2.45, 2.75) is 207 Å².